The number of aliphatic hydroxyl groups is 1. The zero-order valence-corrected chi connectivity index (χ0v) is 7.96. The van der Waals surface area contributed by atoms with E-state index < -0.39 is 0 Å². The van der Waals surface area contributed by atoms with Gasteiger partial charge in [-0.3, -0.25) is 0 Å². The molecule has 1 nitrogen and oxygen atoms in total. The van der Waals surface area contributed by atoms with Crippen molar-refractivity contribution in [1.82, 2.24) is 0 Å². The molecule has 0 spiro atoms. The molecule has 0 unspecified atom stereocenters. The molecule has 0 fully saturated rings. The number of hydrogen-bond acceptors (Lipinski definition) is 1. The van der Waals surface area contributed by atoms with Crippen molar-refractivity contribution >= 4 is 12.7 Å². The Balaban J connectivity index is 3.18. The topological polar surface area (TPSA) is 20.2 Å². The summed E-state index contributed by atoms with van der Waals surface area (Å²) in [6.07, 6.45) is -0.347. The van der Waals surface area contributed by atoms with Crippen LogP contribution in [0.15, 0.2) is 18.2 Å². The van der Waals surface area contributed by atoms with E-state index in [2.05, 4.69) is 19.8 Å². The van der Waals surface area contributed by atoms with Crippen LogP contribution in [-0.2, 0) is 0 Å². The summed E-state index contributed by atoms with van der Waals surface area (Å²) in [6, 6.07) is 6.08. The maximum absolute atomic E-state index is 9.46. The normalized spacial score (nSPS) is 12.7. The Morgan fingerprint density at radius 2 is 2.08 bits per heavy atom. The fourth-order valence-electron chi connectivity index (χ4n) is 1.60. The third-order valence-corrected chi connectivity index (χ3v) is 2.25. The quantitative estimate of drug-likeness (QED) is 0.647. The average Bonchev–Trinajstić information content (AvgIpc) is 2.03. The Hall–Kier alpha value is -0.755. The van der Waals surface area contributed by atoms with Gasteiger partial charge in [-0.25, -0.2) is 0 Å². The minimum Gasteiger partial charge on any atom is -0.389 e. The number of aryl methyl sites for hydroxylation is 1. The van der Waals surface area contributed by atoms with Gasteiger partial charge in [-0.15, -0.1) is 0 Å². The summed E-state index contributed by atoms with van der Waals surface area (Å²) in [5.41, 5.74) is 3.63. The summed E-state index contributed by atoms with van der Waals surface area (Å²) in [5.74, 6) is 0. The Morgan fingerprint density at radius 1 is 1.42 bits per heavy atom. The van der Waals surface area contributed by atoms with E-state index in [1.54, 1.807) is 0 Å². The predicted molar refractivity (Wildman–Crippen MR) is 54.5 cm³/mol. The molecule has 0 saturated carbocycles. The third-order valence-electron chi connectivity index (χ3n) is 2.25. The highest BCUT2D eigenvalue weighted by atomic mass is 16.3. The van der Waals surface area contributed by atoms with Gasteiger partial charge in [-0.1, -0.05) is 36.0 Å². The molecule has 1 aromatic carbocycles. The Labute approximate surface area is 74.7 Å². The molecule has 0 aliphatic heterocycles. The van der Waals surface area contributed by atoms with Crippen LogP contribution >= 0.6 is 0 Å². The van der Waals surface area contributed by atoms with Crippen molar-refractivity contribution < 1.29 is 5.11 Å². The zero-order chi connectivity index (χ0) is 9.14. The van der Waals surface area contributed by atoms with Crippen molar-refractivity contribution in [3.63, 3.8) is 0 Å². The molecule has 12 heavy (non-hydrogen) atoms. The lowest BCUT2D eigenvalue weighted by atomic mass is 9.68. The van der Waals surface area contributed by atoms with E-state index in [0.717, 1.165) is 12.8 Å². The van der Waals surface area contributed by atoms with Gasteiger partial charge in [-0.2, -0.15) is 0 Å². The largest absolute Gasteiger partial charge is 0.389 e. The van der Waals surface area contributed by atoms with E-state index >= 15 is 0 Å². The van der Waals surface area contributed by atoms with E-state index in [4.69, 9.17) is 0 Å². The van der Waals surface area contributed by atoms with Crippen LogP contribution < -0.4 is 5.46 Å². The summed E-state index contributed by atoms with van der Waals surface area (Å²) in [7, 11) is 0.993. The van der Waals surface area contributed by atoms with Gasteiger partial charge >= 0.3 is 0 Å². The molecule has 1 aromatic rings. The fraction of sp³-hybridized carbons (Fsp3) is 0.400. The van der Waals surface area contributed by atoms with E-state index in [0.29, 0.717) is 0 Å². The molecule has 0 aliphatic carbocycles. The van der Waals surface area contributed by atoms with Gasteiger partial charge in [0.25, 0.3) is 0 Å². The molecule has 0 aliphatic rings. The molecular weight excluding hydrogens is 147 g/mol. The third kappa shape index (κ3) is 1.70. The number of hydrogen-bond donors (Lipinski definition) is 1. The maximum atomic E-state index is 9.46. The second-order valence-corrected chi connectivity index (χ2v) is 3.17. The summed E-state index contributed by atoms with van der Waals surface area (Å²) >= 11 is 0. The van der Waals surface area contributed by atoms with Gasteiger partial charge in [0.05, 0.1) is 6.10 Å². The fourth-order valence-corrected chi connectivity index (χ4v) is 1.60. The van der Waals surface area contributed by atoms with Crippen molar-refractivity contribution in [2.75, 3.05) is 0 Å². The first-order valence-electron chi connectivity index (χ1n) is 4.43. The van der Waals surface area contributed by atoms with Gasteiger partial charge in [0.2, 0.25) is 0 Å². The first kappa shape index (κ1) is 9.33. The smallest absolute Gasteiger partial charge is 0.155 e. The minimum absolute atomic E-state index is 0.347. The molecule has 0 saturated heterocycles. The standard InChI is InChI=1S/C10H15BO/c1-7-5-4-6-9(8(2)12)10(7)11-3/h4-6,8,11-12H,1-3H3/t8-/m1/s1. The van der Waals surface area contributed by atoms with Gasteiger partial charge in [-0.05, 0) is 19.4 Å². The van der Waals surface area contributed by atoms with Crippen LogP contribution in [0.3, 0.4) is 0 Å². The maximum Gasteiger partial charge on any atom is 0.155 e. The lowest BCUT2D eigenvalue weighted by molar-refractivity contribution is 0.200. The molecule has 0 heterocycles. The van der Waals surface area contributed by atoms with E-state index in [1.165, 1.54) is 11.0 Å². The summed E-state index contributed by atoms with van der Waals surface area (Å²) < 4.78 is 0. The Bertz CT molecular complexity index is 269. The number of rotatable bonds is 2. The lowest BCUT2D eigenvalue weighted by Crippen LogP contribution is -2.21. The summed E-state index contributed by atoms with van der Waals surface area (Å²) in [5, 5.41) is 9.46. The Morgan fingerprint density at radius 3 is 2.50 bits per heavy atom. The highest BCUT2D eigenvalue weighted by Gasteiger charge is 2.07. The van der Waals surface area contributed by atoms with E-state index in [1.807, 2.05) is 19.1 Å². The van der Waals surface area contributed by atoms with Crippen molar-refractivity contribution in [3.8, 4) is 0 Å². The van der Waals surface area contributed by atoms with Crippen LogP contribution in [0.25, 0.3) is 0 Å². The number of aliphatic hydroxyl groups excluding tert-OH is 1. The van der Waals surface area contributed by atoms with Gasteiger partial charge in [0.15, 0.2) is 7.28 Å². The van der Waals surface area contributed by atoms with Gasteiger partial charge in [0, 0.05) is 0 Å². The first-order chi connectivity index (χ1) is 5.66. The van der Waals surface area contributed by atoms with Crippen LogP contribution in [0.5, 0.6) is 0 Å². The van der Waals surface area contributed by atoms with Crippen molar-refractivity contribution in [3.05, 3.63) is 29.3 Å². The van der Waals surface area contributed by atoms with Crippen LogP contribution in [0.1, 0.15) is 24.2 Å². The van der Waals surface area contributed by atoms with Crippen LogP contribution in [0.4, 0.5) is 0 Å². The summed E-state index contributed by atoms with van der Waals surface area (Å²) in [4.78, 5) is 0. The average molecular weight is 162 g/mol. The summed E-state index contributed by atoms with van der Waals surface area (Å²) in [6.45, 7) is 6.02. The first-order valence-corrected chi connectivity index (χ1v) is 4.43. The van der Waals surface area contributed by atoms with Gasteiger partial charge in [0.1, 0.15) is 0 Å². The zero-order valence-electron chi connectivity index (χ0n) is 7.96. The highest BCUT2D eigenvalue weighted by Crippen LogP contribution is 2.10. The molecule has 0 aromatic heterocycles. The molecule has 1 rings (SSSR count). The van der Waals surface area contributed by atoms with Crippen molar-refractivity contribution in [2.45, 2.75) is 26.8 Å². The molecule has 2 heteroatoms. The van der Waals surface area contributed by atoms with E-state index in [9.17, 15) is 5.11 Å². The molecular formula is C10H15BO. The van der Waals surface area contributed by atoms with Crippen LogP contribution in [0, 0.1) is 6.92 Å². The molecule has 64 valence electrons. The molecule has 0 radical (unpaired) electrons. The molecule has 1 atom stereocenters. The molecule has 1 N–H and O–H groups in total. The lowest BCUT2D eigenvalue weighted by Gasteiger charge is -2.12. The minimum atomic E-state index is -0.347. The highest BCUT2D eigenvalue weighted by molar-refractivity contribution is 6.53. The van der Waals surface area contributed by atoms with Crippen molar-refractivity contribution in [2.24, 2.45) is 0 Å². The number of benzene rings is 1. The monoisotopic (exact) mass is 162 g/mol. The van der Waals surface area contributed by atoms with Crippen LogP contribution in [0.2, 0.25) is 6.82 Å². The predicted octanol–water partition coefficient (Wildman–Crippen LogP) is 1.16. The molecule has 0 amide bonds. The van der Waals surface area contributed by atoms with Gasteiger partial charge < -0.3 is 5.11 Å². The Kier molecular flexibility index (Phi) is 2.93. The van der Waals surface area contributed by atoms with Crippen molar-refractivity contribution in [1.29, 1.82) is 0 Å². The van der Waals surface area contributed by atoms with E-state index in [-0.39, 0.29) is 6.10 Å². The second-order valence-electron chi connectivity index (χ2n) is 3.17. The SMILES string of the molecule is CBc1c(C)cccc1[C@@H](C)O. The second kappa shape index (κ2) is 3.77. The molecule has 0 bridgehead atoms. The van der Waals surface area contributed by atoms with Crippen LogP contribution in [-0.4, -0.2) is 12.4 Å².